The number of fused-ring (bicyclic) bond motifs is 2. The van der Waals surface area contributed by atoms with E-state index in [-0.39, 0.29) is 23.3 Å². The number of nitrogens with two attached hydrogens (primary N) is 2. The lowest BCUT2D eigenvalue weighted by Crippen LogP contribution is -2.44. The monoisotopic (exact) mass is 1270 g/mol. The van der Waals surface area contributed by atoms with Crippen LogP contribution in [-0.2, 0) is 34.7 Å². The zero-order valence-corrected chi connectivity index (χ0v) is 54.1. The minimum atomic E-state index is -0.887. The molecule has 0 bridgehead atoms. The zero-order valence-electron chi connectivity index (χ0n) is 50.2. The molecule has 2 saturated heterocycles. The van der Waals surface area contributed by atoms with Gasteiger partial charge in [-0.15, -0.1) is 34.3 Å². The van der Waals surface area contributed by atoms with E-state index in [1.165, 1.54) is 53.1 Å². The van der Waals surface area contributed by atoms with Crippen molar-refractivity contribution in [1.82, 2.24) is 25.3 Å². The molecule has 460 valence electrons. The summed E-state index contributed by atoms with van der Waals surface area (Å²) < 4.78 is 11.0. The van der Waals surface area contributed by atoms with Gasteiger partial charge in [0.1, 0.15) is 17.0 Å². The Hall–Kier alpha value is -6.77. The maximum Gasteiger partial charge on any atom is 0.425 e. The number of alkyl halides is 1. The van der Waals surface area contributed by atoms with Crippen LogP contribution in [0.15, 0.2) is 122 Å². The van der Waals surface area contributed by atoms with Gasteiger partial charge in [-0.1, -0.05) is 59.6 Å². The van der Waals surface area contributed by atoms with Crippen LogP contribution in [0, 0.1) is 11.8 Å². The molecule has 5 N–H and O–H groups in total. The van der Waals surface area contributed by atoms with Gasteiger partial charge in [0, 0.05) is 115 Å². The highest BCUT2D eigenvalue weighted by Gasteiger charge is 2.35. The number of nitrogens with one attached hydrogen (secondary N) is 1. The Labute approximate surface area is 532 Å². The molecule has 87 heavy (non-hydrogen) atoms. The smallest absolute Gasteiger partial charge is 0.425 e. The number of nitrogen functional groups attached to an aromatic ring is 1. The number of aromatic nitrogens is 4. The number of carbonyl (C=O) groups is 4. The van der Waals surface area contributed by atoms with Gasteiger partial charge >= 0.3 is 12.2 Å². The standard InChI is InChI=1S/C28H30ClN5OS.C27H30Cl2N2O5S.C11H17N3/c29-24-16-26(25(35)4-2-19-1-3-23-21(15-19)5-12-33-28(23)30)36-27(24)18-32-17-20-8-13-34(14-9-20)22-6-10-31-11-7-22;1-26(2,3)35-24(33)31(25(34)36-27(4,5)6)23-18-9-7-16(13-17(18)11-12-30-23)8-10-20(32)21-14-19(29)22(15-28)37-21;12-9-10-3-7-14(8-4-10)11-1-5-13-6-2-11/h1,3,5-7,10-12,15-16,20,32H,2,4,8-9,13-14,17-18H2,(H2,30,33);7,9,11-14H,8,10,15H2,1-6H3;1-2,5-6,10H,3-4,7-9,12H2. The molecule has 8 aromatic rings. The van der Waals surface area contributed by atoms with Crippen LogP contribution >= 0.6 is 57.5 Å². The third-order valence-electron chi connectivity index (χ3n) is 14.8. The summed E-state index contributed by atoms with van der Waals surface area (Å²) in [6, 6.07) is 27.1. The first-order valence-corrected chi connectivity index (χ1v) is 32.2. The number of anilines is 4. The molecule has 2 aromatic carbocycles. The van der Waals surface area contributed by atoms with Crippen molar-refractivity contribution in [3.63, 3.8) is 0 Å². The van der Waals surface area contributed by atoms with Gasteiger partial charge in [0.2, 0.25) is 0 Å². The average molecular weight is 1280 g/mol. The summed E-state index contributed by atoms with van der Waals surface area (Å²) in [5, 5.41) is 8.05. The van der Waals surface area contributed by atoms with Crippen LogP contribution in [0.4, 0.5) is 32.6 Å². The van der Waals surface area contributed by atoms with Gasteiger partial charge in [0.25, 0.3) is 0 Å². The number of nitrogens with zero attached hydrogens (tertiary/aromatic N) is 7. The number of piperidine rings is 2. The average Bonchev–Trinajstić information content (AvgIpc) is 2.65. The van der Waals surface area contributed by atoms with Crippen LogP contribution in [0.1, 0.15) is 120 Å². The SMILES string of the molecule is CC(C)(C)OC(=O)N(C(=O)OC(C)(C)C)c1nccc2cc(CCC(=O)c3cc(Cl)c(CCl)s3)ccc12.NCC1CCN(c2ccncc2)CC1.Nc1nccc2cc(CCC(=O)c3cc(Cl)c(CNCC4CCN(c5ccncc5)CC4)s3)ccc12. The molecular formula is C66H77Cl3N10O6S2. The number of ketones is 2. The lowest BCUT2D eigenvalue weighted by atomic mass is 9.96. The van der Waals surface area contributed by atoms with E-state index in [4.69, 9.17) is 55.7 Å². The number of ether oxygens (including phenoxy) is 2. The highest BCUT2D eigenvalue weighted by atomic mass is 35.5. The number of thiophene rings is 2. The van der Waals surface area contributed by atoms with Gasteiger partial charge in [-0.3, -0.25) is 19.6 Å². The van der Waals surface area contributed by atoms with Gasteiger partial charge in [-0.2, -0.15) is 4.90 Å². The minimum absolute atomic E-state index is 0.0141. The molecule has 8 heterocycles. The van der Waals surface area contributed by atoms with Crippen LogP contribution in [0.2, 0.25) is 10.0 Å². The quantitative estimate of drug-likeness (QED) is 0.0571. The van der Waals surface area contributed by atoms with E-state index in [2.05, 4.69) is 65.4 Å². The Bertz CT molecular complexity index is 3570. The second-order valence-electron chi connectivity index (χ2n) is 23.6. The first-order chi connectivity index (χ1) is 41.6. The Morgan fingerprint density at radius 1 is 0.621 bits per heavy atom. The molecular weight excluding hydrogens is 1200 g/mol. The normalized spacial score (nSPS) is 14.0. The number of hydrogen-bond acceptors (Lipinski definition) is 17. The second kappa shape index (κ2) is 30.9. The number of amides is 2. The first-order valence-electron chi connectivity index (χ1n) is 29.3. The number of benzene rings is 2. The molecule has 2 fully saturated rings. The van der Waals surface area contributed by atoms with Gasteiger partial charge in [-0.05, 0) is 175 Å². The number of Topliss-reactive ketones (excluding diaryl/α,β-unsaturated/α-hetero) is 2. The van der Waals surface area contributed by atoms with E-state index in [1.807, 2.05) is 61.2 Å². The summed E-state index contributed by atoms with van der Waals surface area (Å²) in [6.07, 6.45) is 15.5. The van der Waals surface area contributed by atoms with Crippen LogP contribution < -0.4 is 31.5 Å². The van der Waals surface area contributed by atoms with Crippen molar-refractivity contribution in [3.05, 3.63) is 163 Å². The van der Waals surface area contributed by atoms with Crippen molar-refractivity contribution in [2.75, 3.05) is 59.7 Å². The van der Waals surface area contributed by atoms with Gasteiger partial charge in [0.05, 0.1) is 25.7 Å². The maximum atomic E-state index is 13.1. The number of halogens is 3. The predicted molar refractivity (Wildman–Crippen MR) is 355 cm³/mol. The van der Waals surface area contributed by atoms with Crippen LogP contribution in [-0.4, -0.2) is 94.2 Å². The lowest BCUT2D eigenvalue weighted by Gasteiger charge is -2.33. The maximum absolute atomic E-state index is 13.1. The Morgan fingerprint density at radius 2 is 1.08 bits per heavy atom. The molecule has 2 aliphatic rings. The summed E-state index contributed by atoms with van der Waals surface area (Å²) in [5.41, 5.74) is 14.5. The van der Waals surface area contributed by atoms with Crippen molar-refractivity contribution in [1.29, 1.82) is 0 Å². The zero-order chi connectivity index (χ0) is 62.3. The van der Waals surface area contributed by atoms with E-state index in [9.17, 15) is 19.2 Å². The van der Waals surface area contributed by atoms with E-state index in [0.717, 1.165) is 105 Å². The van der Waals surface area contributed by atoms with Gasteiger partial charge in [0.15, 0.2) is 17.4 Å². The Morgan fingerprint density at radius 3 is 1.56 bits per heavy atom. The van der Waals surface area contributed by atoms with Crippen molar-refractivity contribution in [2.24, 2.45) is 17.6 Å². The molecule has 0 radical (unpaired) electrons. The summed E-state index contributed by atoms with van der Waals surface area (Å²) in [4.78, 5) is 77.0. The van der Waals surface area contributed by atoms with E-state index in [0.29, 0.717) is 64.3 Å². The van der Waals surface area contributed by atoms with E-state index in [1.54, 1.807) is 65.9 Å². The summed E-state index contributed by atoms with van der Waals surface area (Å²) >= 11 is 21.3. The fourth-order valence-electron chi connectivity index (χ4n) is 10.2. The van der Waals surface area contributed by atoms with Crippen LogP contribution in [0.3, 0.4) is 0 Å². The number of rotatable bonds is 17. The molecule has 0 unspecified atom stereocenters. The molecule has 16 nitrogen and oxygen atoms in total. The Kier molecular flexibility index (Phi) is 23.5. The Balaban J connectivity index is 0.000000185. The van der Waals surface area contributed by atoms with Gasteiger partial charge < -0.3 is 36.1 Å². The molecule has 21 heteroatoms. The van der Waals surface area contributed by atoms with Crippen molar-refractivity contribution >= 4 is 126 Å². The number of imide groups is 1. The summed E-state index contributed by atoms with van der Waals surface area (Å²) in [6.45, 7) is 17.2. The highest BCUT2D eigenvalue weighted by Crippen LogP contribution is 2.33. The van der Waals surface area contributed by atoms with Crippen molar-refractivity contribution in [3.8, 4) is 0 Å². The molecule has 2 aliphatic heterocycles. The van der Waals surface area contributed by atoms with Crippen molar-refractivity contribution in [2.45, 2.75) is 117 Å². The predicted octanol–water partition coefficient (Wildman–Crippen LogP) is 15.2. The van der Waals surface area contributed by atoms with Gasteiger partial charge in [-0.25, -0.2) is 19.6 Å². The fraction of sp³-hybridized carbons (Fsp3) is 0.394. The number of hydrogen-bond donors (Lipinski definition) is 3. The van der Waals surface area contributed by atoms with Crippen LogP contribution in [0.25, 0.3) is 21.5 Å². The summed E-state index contributed by atoms with van der Waals surface area (Å²) in [5.74, 6) is 2.39. The first kappa shape index (κ1) is 66.2. The molecule has 0 aliphatic carbocycles. The topological polar surface area (TPSA) is 212 Å². The van der Waals surface area contributed by atoms with Crippen molar-refractivity contribution < 1.29 is 28.7 Å². The number of carbonyl (C=O) groups excluding carboxylic acids is 4. The highest BCUT2D eigenvalue weighted by molar-refractivity contribution is 7.15. The lowest BCUT2D eigenvalue weighted by molar-refractivity contribution is 0.0429. The van der Waals surface area contributed by atoms with E-state index >= 15 is 0 Å². The van der Waals surface area contributed by atoms with Crippen LogP contribution in [0.5, 0.6) is 0 Å². The second-order valence-corrected chi connectivity index (χ2v) is 27.0. The third kappa shape index (κ3) is 19.1. The van der Waals surface area contributed by atoms with E-state index < -0.39 is 23.4 Å². The number of pyridine rings is 4. The summed E-state index contributed by atoms with van der Waals surface area (Å²) in [7, 11) is 0. The molecule has 10 rings (SSSR count). The largest absolute Gasteiger partial charge is 0.443 e. The molecule has 2 amide bonds. The number of aryl methyl sites for hydroxylation is 2. The molecule has 0 spiro atoms. The fourth-order valence-corrected chi connectivity index (χ4v) is 13.1. The molecule has 0 saturated carbocycles. The third-order valence-corrected chi connectivity index (χ3v) is 18.5. The minimum Gasteiger partial charge on any atom is -0.443 e. The molecule has 0 atom stereocenters. The molecule has 6 aromatic heterocycles.